The summed E-state index contributed by atoms with van der Waals surface area (Å²) in [5, 5.41) is 11.6. The van der Waals surface area contributed by atoms with E-state index in [1.807, 2.05) is 0 Å². The van der Waals surface area contributed by atoms with Crippen molar-refractivity contribution in [3.8, 4) is 0 Å². The number of aromatic carboxylic acids is 1. The van der Waals surface area contributed by atoms with Gasteiger partial charge in [-0.05, 0) is 31.0 Å². The molecule has 21 heavy (non-hydrogen) atoms. The van der Waals surface area contributed by atoms with Crippen molar-refractivity contribution in [1.29, 1.82) is 0 Å². The molecule has 0 bridgehead atoms. The molecule has 1 aliphatic carbocycles. The van der Waals surface area contributed by atoms with Crippen molar-refractivity contribution in [2.75, 3.05) is 7.11 Å². The van der Waals surface area contributed by atoms with Crippen molar-refractivity contribution >= 4 is 11.9 Å². The van der Waals surface area contributed by atoms with E-state index < -0.39 is 17.7 Å². The first-order valence-corrected chi connectivity index (χ1v) is 6.89. The van der Waals surface area contributed by atoms with Gasteiger partial charge in [-0.1, -0.05) is 12.8 Å². The van der Waals surface area contributed by atoms with E-state index in [2.05, 4.69) is 5.32 Å². The summed E-state index contributed by atoms with van der Waals surface area (Å²) in [5.41, 5.74) is -0.336. The predicted molar refractivity (Wildman–Crippen MR) is 73.9 cm³/mol. The highest BCUT2D eigenvalue weighted by molar-refractivity contribution is 5.96. The zero-order chi connectivity index (χ0) is 15.4. The molecule has 0 heterocycles. The maximum atomic E-state index is 13.8. The lowest BCUT2D eigenvalue weighted by Gasteiger charge is -2.31. The number of benzene rings is 1. The largest absolute Gasteiger partial charge is 0.478 e. The fourth-order valence-corrected chi connectivity index (χ4v) is 2.62. The number of carbonyl (C=O) groups excluding carboxylic acids is 1. The van der Waals surface area contributed by atoms with Crippen LogP contribution in [0.1, 0.15) is 46.4 Å². The number of carboxylic acid groups (broad SMARTS) is 1. The lowest BCUT2D eigenvalue weighted by Crippen LogP contribution is -2.46. The molecule has 2 N–H and O–H groups in total. The minimum atomic E-state index is -1.23. The SMILES string of the molecule is CO[C@H]1CCCC[C@@H]1NC(=O)c1ccc(C(=O)O)cc1F. The Bertz CT molecular complexity index is 546. The molecule has 1 aliphatic rings. The molecule has 2 atom stereocenters. The third kappa shape index (κ3) is 3.58. The van der Waals surface area contributed by atoms with E-state index >= 15 is 0 Å². The second-order valence-electron chi connectivity index (χ2n) is 5.14. The van der Waals surface area contributed by atoms with Crippen LogP contribution in [0.5, 0.6) is 0 Å². The molecule has 0 unspecified atom stereocenters. The van der Waals surface area contributed by atoms with Gasteiger partial charge >= 0.3 is 5.97 Å². The lowest BCUT2D eigenvalue weighted by molar-refractivity contribution is 0.0391. The van der Waals surface area contributed by atoms with Gasteiger partial charge in [0.05, 0.1) is 23.3 Å². The third-order valence-corrected chi connectivity index (χ3v) is 3.78. The van der Waals surface area contributed by atoms with E-state index in [0.29, 0.717) is 0 Å². The first-order chi connectivity index (χ1) is 10.0. The van der Waals surface area contributed by atoms with E-state index in [4.69, 9.17) is 9.84 Å². The Morgan fingerprint density at radius 3 is 2.67 bits per heavy atom. The van der Waals surface area contributed by atoms with E-state index in [9.17, 15) is 14.0 Å². The average molecular weight is 295 g/mol. The maximum Gasteiger partial charge on any atom is 0.335 e. The van der Waals surface area contributed by atoms with Crippen molar-refractivity contribution in [2.24, 2.45) is 0 Å². The molecule has 1 saturated carbocycles. The molecule has 1 aromatic rings. The standard InChI is InChI=1S/C15H18FNO4/c1-21-13-5-3-2-4-12(13)17-14(18)10-7-6-9(15(19)20)8-11(10)16/h6-8,12-13H,2-5H2,1H3,(H,17,18)(H,19,20)/t12-,13-/m0/s1. The summed E-state index contributed by atoms with van der Waals surface area (Å²) in [7, 11) is 1.59. The molecule has 1 fully saturated rings. The Labute approximate surface area is 122 Å². The highest BCUT2D eigenvalue weighted by Gasteiger charge is 2.27. The van der Waals surface area contributed by atoms with Gasteiger partial charge in [-0.2, -0.15) is 0 Å². The third-order valence-electron chi connectivity index (χ3n) is 3.78. The minimum Gasteiger partial charge on any atom is -0.478 e. The van der Waals surface area contributed by atoms with Gasteiger partial charge in [-0.25, -0.2) is 9.18 Å². The summed E-state index contributed by atoms with van der Waals surface area (Å²) in [6.07, 6.45) is 3.63. The van der Waals surface area contributed by atoms with Crippen LogP contribution in [0.25, 0.3) is 0 Å². The van der Waals surface area contributed by atoms with E-state index in [1.54, 1.807) is 7.11 Å². The molecule has 0 radical (unpaired) electrons. The van der Waals surface area contributed by atoms with Crippen LogP contribution in [0.15, 0.2) is 18.2 Å². The molecule has 0 spiro atoms. The van der Waals surface area contributed by atoms with Gasteiger partial charge in [-0.15, -0.1) is 0 Å². The number of nitrogens with one attached hydrogen (secondary N) is 1. The van der Waals surface area contributed by atoms with Crippen LogP contribution in [0, 0.1) is 5.82 Å². The first-order valence-electron chi connectivity index (χ1n) is 6.89. The second kappa shape index (κ2) is 6.67. The number of halogens is 1. The van der Waals surface area contributed by atoms with Crippen molar-refractivity contribution in [3.63, 3.8) is 0 Å². The molecule has 1 aromatic carbocycles. The molecule has 0 saturated heterocycles. The molecule has 0 aromatic heterocycles. The van der Waals surface area contributed by atoms with Crippen LogP contribution < -0.4 is 5.32 Å². The predicted octanol–water partition coefficient (Wildman–Crippen LogP) is 2.21. The number of rotatable bonds is 4. The molecule has 0 aliphatic heterocycles. The molecule has 114 valence electrons. The first kappa shape index (κ1) is 15.4. The van der Waals surface area contributed by atoms with Gasteiger partial charge in [-0.3, -0.25) is 4.79 Å². The van der Waals surface area contributed by atoms with Crippen molar-refractivity contribution in [3.05, 3.63) is 35.1 Å². The highest BCUT2D eigenvalue weighted by Crippen LogP contribution is 2.21. The second-order valence-corrected chi connectivity index (χ2v) is 5.14. The smallest absolute Gasteiger partial charge is 0.335 e. The van der Waals surface area contributed by atoms with Crippen LogP contribution in [0.2, 0.25) is 0 Å². The Balaban J connectivity index is 2.11. The van der Waals surface area contributed by atoms with Crippen LogP contribution >= 0.6 is 0 Å². The number of ether oxygens (including phenoxy) is 1. The van der Waals surface area contributed by atoms with Crippen LogP contribution in [-0.2, 0) is 4.74 Å². The lowest BCUT2D eigenvalue weighted by atomic mass is 9.92. The van der Waals surface area contributed by atoms with Crippen LogP contribution in [0.4, 0.5) is 4.39 Å². The topological polar surface area (TPSA) is 75.6 Å². The fraction of sp³-hybridized carbons (Fsp3) is 0.467. The Morgan fingerprint density at radius 2 is 2.05 bits per heavy atom. The van der Waals surface area contributed by atoms with Crippen LogP contribution in [-0.4, -0.2) is 36.2 Å². The molecule has 2 rings (SSSR count). The Hall–Kier alpha value is -1.95. The molecular weight excluding hydrogens is 277 g/mol. The molecule has 6 heteroatoms. The van der Waals surface area contributed by atoms with Crippen molar-refractivity contribution in [2.45, 2.75) is 37.8 Å². The zero-order valence-corrected chi connectivity index (χ0v) is 11.8. The fourth-order valence-electron chi connectivity index (χ4n) is 2.62. The van der Waals surface area contributed by atoms with Gasteiger partial charge in [0.1, 0.15) is 5.82 Å². The summed E-state index contributed by atoms with van der Waals surface area (Å²) in [6, 6.07) is 3.12. The van der Waals surface area contributed by atoms with E-state index in [1.165, 1.54) is 12.1 Å². The van der Waals surface area contributed by atoms with Gasteiger partial charge in [0.25, 0.3) is 5.91 Å². The quantitative estimate of drug-likeness (QED) is 0.893. The molecule has 5 nitrogen and oxygen atoms in total. The number of hydrogen-bond donors (Lipinski definition) is 2. The monoisotopic (exact) mass is 295 g/mol. The van der Waals surface area contributed by atoms with Gasteiger partial charge < -0.3 is 15.2 Å². The number of hydrogen-bond acceptors (Lipinski definition) is 3. The van der Waals surface area contributed by atoms with Crippen molar-refractivity contribution < 1.29 is 23.8 Å². The van der Waals surface area contributed by atoms with E-state index in [0.717, 1.165) is 31.7 Å². The summed E-state index contributed by atoms with van der Waals surface area (Å²) in [5.74, 6) is -2.61. The summed E-state index contributed by atoms with van der Waals surface area (Å²) >= 11 is 0. The van der Waals surface area contributed by atoms with Gasteiger partial charge in [0, 0.05) is 7.11 Å². The van der Waals surface area contributed by atoms with Gasteiger partial charge in [0.2, 0.25) is 0 Å². The van der Waals surface area contributed by atoms with Gasteiger partial charge in [0.15, 0.2) is 0 Å². The minimum absolute atomic E-state index is 0.0657. The number of amides is 1. The summed E-state index contributed by atoms with van der Waals surface area (Å²) < 4.78 is 19.2. The van der Waals surface area contributed by atoms with E-state index in [-0.39, 0.29) is 23.3 Å². The summed E-state index contributed by atoms with van der Waals surface area (Å²) in [4.78, 5) is 22.9. The number of carbonyl (C=O) groups is 2. The average Bonchev–Trinajstić information content (AvgIpc) is 2.47. The Kier molecular flexibility index (Phi) is 4.90. The number of carboxylic acids is 1. The summed E-state index contributed by atoms with van der Waals surface area (Å²) in [6.45, 7) is 0. The van der Waals surface area contributed by atoms with Crippen LogP contribution in [0.3, 0.4) is 0 Å². The maximum absolute atomic E-state index is 13.8. The molecular formula is C15H18FNO4. The normalized spacial score (nSPS) is 21.8. The van der Waals surface area contributed by atoms with Crippen molar-refractivity contribution in [1.82, 2.24) is 5.32 Å². The Morgan fingerprint density at radius 1 is 1.33 bits per heavy atom. The zero-order valence-electron chi connectivity index (χ0n) is 11.8. The highest BCUT2D eigenvalue weighted by atomic mass is 19.1. The number of methoxy groups -OCH3 is 1. The molecule has 1 amide bonds.